The summed E-state index contributed by atoms with van der Waals surface area (Å²) in [6.45, 7) is 1.05. The molecule has 3 rings (SSSR count). The second-order valence-corrected chi connectivity index (χ2v) is 5.65. The molecule has 1 atom stereocenters. The molecule has 2 heteroatoms. The summed E-state index contributed by atoms with van der Waals surface area (Å²) in [6, 6.07) is 19.3. The van der Waals surface area contributed by atoms with Crippen LogP contribution in [0.15, 0.2) is 59.5 Å². The third-order valence-electron chi connectivity index (χ3n) is 3.01. The molecule has 1 heterocycles. The zero-order valence-corrected chi connectivity index (χ0v) is 10.4. The number of hydrogen-bond acceptors (Lipinski definition) is 2. The molecule has 0 amide bonds. The van der Waals surface area contributed by atoms with E-state index >= 15 is 0 Å². The average molecular weight is 241 g/mol. The standard InChI is InChI=1S/C15H15NS/c1-2-6-12(7-3-1)10-13-11-16-14-8-4-5-9-15(14)17-13/h1-9,13,16H,10-11H2. The molecule has 0 saturated heterocycles. The molecule has 17 heavy (non-hydrogen) atoms. The van der Waals surface area contributed by atoms with Crippen molar-refractivity contribution < 1.29 is 0 Å². The van der Waals surface area contributed by atoms with Crippen molar-refractivity contribution in [2.75, 3.05) is 11.9 Å². The number of benzene rings is 2. The maximum Gasteiger partial charge on any atom is 0.0478 e. The molecule has 2 aromatic rings. The van der Waals surface area contributed by atoms with E-state index in [0.717, 1.165) is 13.0 Å². The summed E-state index contributed by atoms with van der Waals surface area (Å²) in [5, 5.41) is 4.14. The van der Waals surface area contributed by atoms with Gasteiger partial charge in [-0.15, -0.1) is 11.8 Å². The number of nitrogens with one attached hydrogen (secondary N) is 1. The van der Waals surface area contributed by atoms with E-state index in [1.54, 1.807) is 0 Å². The Morgan fingerprint density at radius 1 is 1.00 bits per heavy atom. The van der Waals surface area contributed by atoms with Gasteiger partial charge in [0.2, 0.25) is 0 Å². The number of hydrogen-bond donors (Lipinski definition) is 1. The molecule has 0 spiro atoms. The molecule has 0 saturated carbocycles. The van der Waals surface area contributed by atoms with Crippen LogP contribution in [-0.4, -0.2) is 11.8 Å². The minimum absolute atomic E-state index is 0.632. The number of fused-ring (bicyclic) bond motifs is 1. The van der Waals surface area contributed by atoms with Crippen molar-refractivity contribution in [3.05, 3.63) is 60.2 Å². The van der Waals surface area contributed by atoms with Gasteiger partial charge in [0, 0.05) is 22.4 Å². The fraction of sp³-hybridized carbons (Fsp3) is 0.200. The van der Waals surface area contributed by atoms with Crippen LogP contribution in [0.2, 0.25) is 0 Å². The highest BCUT2D eigenvalue weighted by Gasteiger charge is 2.18. The fourth-order valence-electron chi connectivity index (χ4n) is 2.15. The van der Waals surface area contributed by atoms with Gasteiger partial charge in [-0.05, 0) is 24.1 Å². The molecule has 0 aliphatic carbocycles. The van der Waals surface area contributed by atoms with Crippen LogP contribution >= 0.6 is 11.8 Å². The Labute approximate surface area is 106 Å². The number of anilines is 1. The quantitative estimate of drug-likeness (QED) is 0.858. The summed E-state index contributed by atoms with van der Waals surface area (Å²) < 4.78 is 0. The highest BCUT2D eigenvalue weighted by Crippen LogP contribution is 2.35. The molecule has 1 aliphatic rings. The lowest BCUT2D eigenvalue weighted by molar-refractivity contribution is 0.869. The van der Waals surface area contributed by atoms with E-state index in [9.17, 15) is 0 Å². The first-order valence-corrected chi connectivity index (χ1v) is 6.83. The van der Waals surface area contributed by atoms with Crippen molar-refractivity contribution in [2.24, 2.45) is 0 Å². The Balaban J connectivity index is 1.72. The van der Waals surface area contributed by atoms with Gasteiger partial charge >= 0.3 is 0 Å². The van der Waals surface area contributed by atoms with Crippen molar-refractivity contribution in [2.45, 2.75) is 16.6 Å². The predicted octanol–water partition coefficient (Wildman–Crippen LogP) is 3.82. The van der Waals surface area contributed by atoms with Gasteiger partial charge in [-0.1, -0.05) is 42.5 Å². The molecular weight excluding hydrogens is 226 g/mol. The number of rotatable bonds is 2. The lowest BCUT2D eigenvalue weighted by atomic mass is 10.1. The van der Waals surface area contributed by atoms with Crippen molar-refractivity contribution in [1.29, 1.82) is 0 Å². The third-order valence-corrected chi connectivity index (χ3v) is 4.28. The smallest absolute Gasteiger partial charge is 0.0478 e. The normalized spacial score (nSPS) is 18.2. The molecule has 2 aromatic carbocycles. The van der Waals surface area contributed by atoms with E-state index in [0.29, 0.717) is 5.25 Å². The molecule has 1 unspecified atom stereocenters. The van der Waals surface area contributed by atoms with E-state index in [2.05, 4.69) is 59.9 Å². The Morgan fingerprint density at radius 3 is 2.65 bits per heavy atom. The molecule has 0 radical (unpaired) electrons. The molecular formula is C15H15NS. The third kappa shape index (κ3) is 2.47. The number of para-hydroxylation sites is 1. The highest BCUT2D eigenvalue weighted by molar-refractivity contribution is 8.00. The van der Waals surface area contributed by atoms with Crippen molar-refractivity contribution in [3.8, 4) is 0 Å². The van der Waals surface area contributed by atoms with E-state index in [1.807, 2.05) is 11.8 Å². The van der Waals surface area contributed by atoms with Crippen LogP contribution in [0.4, 0.5) is 5.69 Å². The largest absolute Gasteiger partial charge is 0.383 e. The topological polar surface area (TPSA) is 12.0 Å². The van der Waals surface area contributed by atoms with Crippen LogP contribution in [0.25, 0.3) is 0 Å². The monoisotopic (exact) mass is 241 g/mol. The SMILES string of the molecule is c1ccc(CC2CNc3ccccc3S2)cc1. The zero-order chi connectivity index (χ0) is 11.5. The molecule has 1 N–H and O–H groups in total. The summed E-state index contributed by atoms with van der Waals surface area (Å²) in [6.07, 6.45) is 1.13. The van der Waals surface area contributed by atoms with Gasteiger partial charge < -0.3 is 5.32 Å². The van der Waals surface area contributed by atoms with Crippen molar-refractivity contribution in [3.63, 3.8) is 0 Å². The second-order valence-electron chi connectivity index (χ2n) is 4.31. The molecule has 0 bridgehead atoms. The van der Waals surface area contributed by atoms with Crippen LogP contribution in [0, 0.1) is 0 Å². The van der Waals surface area contributed by atoms with Gasteiger partial charge in [0.05, 0.1) is 0 Å². The molecule has 0 aromatic heterocycles. The van der Waals surface area contributed by atoms with Crippen LogP contribution in [0.3, 0.4) is 0 Å². The Morgan fingerprint density at radius 2 is 1.76 bits per heavy atom. The minimum Gasteiger partial charge on any atom is -0.383 e. The Bertz CT molecular complexity index is 495. The first-order chi connectivity index (χ1) is 8.42. The summed E-state index contributed by atoms with van der Waals surface area (Å²) >= 11 is 1.99. The van der Waals surface area contributed by atoms with Crippen LogP contribution in [-0.2, 0) is 6.42 Å². The van der Waals surface area contributed by atoms with Gasteiger partial charge in [0.1, 0.15) is 0 Å². The van der Waals surface area contributed by atoms with Gasteiger partial charge in [-0.25, -0.2) is 0 Å². The maximum absolute atomic E-state index is 3.51. The van der Waals surface area contributed by atoms with E-state index < -0.39 is 0 Å². The lowest BCUT2D eigenvalue weighted by Gasteiger charge is -2.25. The minimum atomic E-state index is 0.632. The fourth-order valence-corrected chi connectivity index (χ4v) is 3.38. The van der Waals surface area contributed by atoms with Gasteiger partial charge in [-0.3, -0.25) is 0 Å². The molecule has 1 aliphatic heterocycles. The summed E-state index contributed by atoms with van der Waals surface area (Å²) in [5.41, 5.74) is 2.70. The Kier molecular flexibility index (Phi) is 3.06. The zero-order valence-electron chi connectivity index (χ0n) is 9.60. The molecule has 86 valence electrons. The van der Waals surface area contributed by atoms with E-state index in [1.165, 1.54) is 16.1 Å². The number of thioether (sulfide) groups is 1. The van der Waals surface area contributed by atoms with Crippen molar-refractivity contribution >= 4 is 17.4 Å². The van der Waals surface area contributed by atoms with Crippen LogP contribution < -0.4 is 5.32 Å². The Hall–Kier alpha value is -1.41. The second kappa shape index (κ2) is 4.84. The summed E-state index contributed by atoms with van der Waals surface area (Å²) in [7, 11) is 0. The van der Waals surface area contributed by atoms with Crippen LogP contribution in [0.5, 0.6) is 0 Å². The van der Waals surface area contributed by atoms with E-state index in [-0.39, 0.29) is 0 Å². The van der Waals surface area contributed by atoms with Gasteiger partial charge in [0.25, 0.3) is 0 Å². The predicted molar refractivity (Wildman–Crippen MR) is 74.7 cm³/mol. The van der Waals surface area contributed by atoms with E-state index in [4.69, 9.17) is 0 Å². The van der Waals surface area contributed by atoms with Gasteiger partial charge in [-0.2, -0.15) is 0 Å². The van der Waals surface area contributed by atoms with Crippen LogP contribution in [0.1, 0.15) is 5.56 Å². The lowest BCUT2D eigenvalue weighted by Crippen LogP contribution is -2.23. The highest BCUT2D eigenvalue weighted by atomic mass is 32.2. The summed E-state index contributed by atoms with van der Waals surface area (Å²) in [5.74, 6) is 0. The molecule has 1 nitrogen and oxygen atoms in total. The average Bonchev–Trinajstić information content (AvgIpc) is 2.40. The van der Waals surface area contributed by atoms with Gasteiger partial charge in [0.15, 0.2) is 0 Å². The first-order valence-electron chi connectivity index (χ1n) is 5.95. The first kappa shape index (κ1) is 10.7. The molecule has 0 fully saturated rings. The maximum atomic E-state index is 3.51. The summed E-state index contributed by atoms with van der Waals surface area (Å²) in [4.78, 5) is 1.37. The van der Waals surface area contributed by atoms with Crippen molar-refractivity contribution in [1.82, 2.24) is 0 Å².